The van der Waals surface area contributed by atoms with Crippen LogP contribution in [0.2, 0.25) is 0 Å². The summed E-state index contributed by atoms with van der Waals surface area (Å²) in [6, 6.07) is 13.4. The van der Waals surface area contributed by atoms with Crippen LogP contribution in [-0.4, -0.2) is 44.3 Å². The van der Waals surface area contributed by atoms with E-state index in [1.807, 2.05) is 0 Å². The van der Waals surface area contributed by atoms with E-state index in [9.17, 15) is 48.3 Å². The van der Waals surface area contributed by atoms with Crippen molar-refractivity contribution in [2.75, 3.05) is 0 Å². The average molecular weight is 640 g/mol. The lowest BCUT2D eigenvalue weighted by Gasteiger charge is -2.05. The number of azo groups is 3. The Kier molecular flexibility index (Phi) is 8.93. The molecule has 0 aliphatic rings. The Morgan fingerprint density at radius 1 is 0.727 bits per heavy atom. The van der Waals surface area contributed by atoms with E-state index in [2.05, 4.69) is 43.3 Å². The lowest BCUT2D eigenvalue weighted by Crippen LogP contribution is -2.00. The van der Waals surface area contributed by atoms with Crippen LogP contribution in [0.15, 0.2) is 107 Å². The minimum atomic E-state index is -5.10. The van der Waals surface area contributed by atoms with Crippen molar-refractivity contribution >= 4 is 68.5 Å². The monoisotopic (exact) mass is 639 g/mol. The minimum absolute atomic E-state index is 0.147. The van der Waals surface area contributed by atoms with Gasteiger partial charge in [0.1, 0.15) is 39.1 Å². The first-order valence-electron chi connectivity index (χ1n) is 11.7. The van der Waals surface area contributed by atoms with Gasteiger partial charge >= 0.3 is 5.97 Å². The number of nitrogens with zero attached hydrogens (tertiary/aromatic N) is 7. The molecule has 0 fully saturated rings. The van der Waals surface area contributed by atoms with E-state index in [1.54, 1.807) is 24.3 Å². The molecule has 0 aliphatic heterocycles. The van der Waals surface area contributed by atoms with Gasteiger partial charge in [0, 0.05) is 29.2 Å². The normalized spacial score (nSPS) is 12.0. The topological polar surface area (TPSA) is 270 Å². The molecule has 0 saturated carbocycles. The largest absolute Gasteiger partial charge is 0.505 e. The standard InChI is InChI=1S/C25H17N7O10S2/c33-21-11-22(34)19(30-31-20-8-14(32(38)39)9-23(24(20)35)44(40,41)42)10-18(21)29-28-17-6-3-13(7-16(17)25(36)37)27-26-12-1-4-15(43)5-2-12/h1-11,33-35,43H,(H,36,37)(H,40,41,42). The molecule has 224 valence electrons. The van der Waals surface area contributed by atoms with Crippen molar-refractivity contribution in [1.82, 2.24) is 0 Å². The number of carboxylic acids is 1. The van der Waals surface area contributed by atoms with Crippen LogP contribution in [-0.2, 0) is 10.1 Å². The Balaban J connectivity index is 1.66. The van der Waals surface area contributed by atoms with E-state index in [1.165, 1.54) is 18.2 Å². The number of aromatic carboxylic acids is 1. The summed E-state index contributed by atoms with van der Waals surface area (Å²) in [7, 11) is -5.10. The van der Waals surface area contributed by atoms with Gasteiger partial charge in [0.05, 0.1) is 21.9 Å². The molecule has 0 spiro atoms. The van der Waals surface area contributed by atoms with Crippen molar-refractivity contribution in [3.63, 3.8) is 0 Å². The second-order valence-corrected chi connectivity index (χ2v) is 10.4. The van der Waals surface area contributed by atoms with Gasteiger partial charge in [-0.25, -0.2) is 4.79 Å². The number of carbonyl (C=O) groups is 1. The predicted molar refractivity (Wildman–Crippen MR) is 154 cm³/mol. The molecule has 5 N–H and O–H groups in total. The lowest BCUT2D eigenvalue weighted by atomic mass is 10.1. The summed E-state index contributed by atoms with van der Waals surface area (Å²) in [6.45, 7) is 0. The number of hydrogen-bond acceptors (Lipinski definition) is 15. The third kappa shape index (κ3) is 7.34. The van der Waals surface area contributed by atoms with Crippen LogP contribution in [0.1, 0.15) is 10.4 Å². The number of rotatable bonds is 9. The molecule has 0 bridgehead atoms. The van der Waals surface area contributed by atoms with Crippen molar-refractivity contribution in [3.05, 3.63) is 82.4 Å². The molecule has 0 atom stereocenters. The maximum Gasteiger partial charge on any atom is 0.338 e. The summed E-state index contributed by atoms with van der Waals surface area (Å²) < 4.78 is 32.3. The Morgan fingerprint density at radius 2 is 1.27 bits per heavy atom. The highest BCUT2D eigenvalue weighted by molar-refractivity contribution is 7.86. The zero-order chi connectivity index (χ0) is 32.2. The molecule has 0 saturated heterocycles. The number of benzene rings is 4. The highest BCUT2D eigenvalue weighted by Crippen LogP contribution is 2.42. The molecule has 19 heteroatoms. The second kappa shape index (κ2) is 12.6. The van der Waals surface area contributed by atoms with E-state index in [4.69, 9.17) is 0 Å². The molecular formula is C25H17N7O10S2. The molecule has 4 aromatic carbocycles. The first-order chi connectivity index (χ1) is 20.7. The minimum Gasteiger partial charge on any atom is -0.505 e. The smallest absolute Gasteiger partial charge is 0.338 e. The second-order valence-electron chi connectivity index (χ2n) is 8.50. The number of nitro benzene ring substituents is 1. The van der Waals surface area contributed by atoms with Crippen molar-refractivity contribution < 1.29 is 43.1 Å². The zero-order valence-electron chi connectivity index (χ0n) is 21.6. The summed E-state index contributed by atoms with van der Waals surface area (Å²) >= 11 is 4.18. The first kappa shape index (κ1) is 31.2. The van der Waals surface area contributed by atoms with E-state index < -0.39 is 60.2 Å². The fraction of sp³-hybridized carbons (Fsp3) is 0. The van der Waals surface area contributed by atoms with Crippen LogP contribution in [0.4, 0.5) is 39.8 Å². The Bertz CT molecular complexity index is 2000. The number of aromatic hydroxyl groups is 3. The molecule has 0 aromatic heterocycles. The number of hydrogen-bond donors (Lipinski definition) is 6. The Hall–Kier alpha value is -5.79. The van der Waals surface area contributed by atoms with Crippen molar-refractivity contribution in [2.45, 2.75) is 9.79 Å². The number of phenolic OH excluding ortho intramolecular Hbond substituents is 3. The van der Waals surface area contributed by atoms with Crippen LogP contribution in [0.25, 0.3) is 0 Å². The Morgan fingerprint density at radius 3 is 1.84 bits per heavy atom. The van der Waals surface area contributed by atoms with E-state index in [0.717, 1.165) is 17.0 Å². The highest BCUT2D eigenvalue weighted by Gasteiger charge is 2.24. The third-order valence-corrected chi connectivity index (χ3v) is 6.64. The van der Waals surface area contributed by atoms with Crippen LogP contribution >= 0.6 is 12.6 Å². The summed E-state index contributed by atoms with van der Waals surface area (Å²) in [5.41, 5.74) is -2.17. The Labute approximate surface area is 251 Å². The van der Waals surface area contributed by atoms with E-state index in [-0.39, 0.29) is 22.6 Å². The first-order valence-corrected chi connectivity index (χ1v) is 13.6. The molecule has 0 amide bonds. The summed E-state index contributed by atoms with van der Waals surface area (Å²) in [5, 5.41) is 74.2. The van der Waals surface area contributed by atoms with E-state index in [0.29, 0.717) is 17.8 Å². The molecule has 0 radical (unpaired) electrons. The molecule has 17 nitrogen and oxygen atoms in total. The van der Waals surface area contributed by atoms with Crippen molar-refractivity contribution in [1.29, 1.82) is 0 Å². The zero-order valence-corrected chi connectivity index (χ0v) is 23.3. The van der Waals surface area contributed by atoms with Gasteiger partial charge in [-0.1, -0.05) is 0 Å². The van der Waals surface area contributed by atoms with Crippen LogP contribution < -0.4 is 0 Å². The number of non-ortho nitro benzene ring substituents is 1. The molecular weight excluding hydrogens is 622 g/mol. The number of thiol groups is 1. The molecule has 0 heterocycles. The lowest BCUT2D eigenvalue weighted by molar-refractivity contribution is -0.385. The summed E-state index contributed by atoms with van der Waals surface area (Å²) in [6.07, 6.45) is 0. The van der Waals surface area contributed by atoms with Gasteiger partial charge in [0.25, 0.3) is 15.8 Å². The van der Waals surface area contributed by atoms with Crippen LogP contribution in [0, 0.1) is 10.1 Å². The fourth-order valence-electron chi connectivity index (χ4n) is 3.37. The molecule has 0 unspecified atom stereocenters. The predicted octanol–water partition coefficient (Wildman–Crippen LogP) is 7.19. The van der Waals surface area contributed by atoms with Gasteiger partial charge in [-0.3, -0.25) is 14.7 Å². The van der Waals surface area contributed by atoms with E-state index >= 15 is 0 Å². The summed E-state index contributed by atoms with van der Waals surface area (Å²) in [5.74, 6) is -3.85. The van der Waals surface area contributed by atoms with Gasteiger partial charge in [-0.2, -0.15) is 18.6 Å². The molecule has 44 heavy (non-hydrogen) atoms. The number of phenols is 3. The number of nitro groups is 1. The van der Waals surface area contributed by atoms with Gasteiger partial charge in [-0.15, -0.1) is 33.1 Å². The third-order valence-electron chi connectivity index (χ3n) is 5.47. The molecule has 4 rings (SSSR count). The van der Waals surface area contributed by atoms with Gasteiger partial charge in [-0.05, 0) is 42.5 Å². The fourth-order valence-corrected chi connectivity index (χ4v) is 4.13. The van der Waals surface area contributed by atoms with Crippen LogP contribution in [0.3, 0.4) is 0 Å². The average Bonchev–Trinajstić information content (AvgIpc) is 2.96. The quantitative estimate of drug-likeness (QED) is 0.0352. The highest BCUT2D eigenvalue weighted by atomic mass is 32.2. The maximum absolute atomic E-state index is 11.9. The van der Waals surface area contributed by atoms with Gasteiger partial charge in [0.15, 0.2) is 5.75 Å². The van der Waals surface area contributed by atoms with Crippen molar-refractivity contribution in [3.8, 4) is 17.2 Å². The molecule has 0 aliphatic carbocycles. The summed E-state index contributed by atoms with van der Waals surface area (Å²) in [4.78, 5) is 21.5. The molecule has 4 aromatic rings. The number of carboxylic acid groups (broad SMARTS) is 1. The van der Waals surface area contributed by atoms with Crippen molar-refractivity contribution in [2.24, 2.45) is 30.7 Å². The SMILES string of the molecule is O=C(O)c1cc(N=Nc2ccc(S)cc2)ccc1N=Nc1cc(N=Nc2cc([N+](=O)[O-])cc(S(=O)(=O)O)c2O)c(O)cc1O. The van der Waals surface area contributed by atoms with Crippen LogP contribution in [0.5, 0.6) is 17.2 Å². The van der Waals surface area contributed by atoms with Gasteiger partial charge < -0.3 is 20.4 Å². The maximum atomic E-state index is 11.9. The van der Waals surface area contributed by atoms with Gasteiger partial charge in [0.2, 0.25) is 0 Å².